The fraction of sp³-hybridized carbons (Fsp3) is 0.273. The highest BCUT2D eigenvalue weighted by Gasteiger charge is 2.26. The van der Waals surface area contributed by atoms with Gasteiger partial charge in [0.1, 0.15) is 0 Å². The number of rotatable bonds is 9. The monoisotopic (exact) mass is 580 g/mol. The Bertz CT molecular complexity index is 1270. The van der Waals surface area contributed by atoms with Gasteiger partial charge in [-0.05, 0) is 46.1 Å². The first-order valence-corrected chi connectivity index (χ1v) is 12.5. The smallest absolute Gasteiger partial charge is 0.270 e. The molecule has 13 heteroatoms. The first-order chi connectivity index (χ1) is 16.6. The number of aromatic nitrogens is 3. The molecule has 3 aromatic rings. The molecule has 0 aliphatic carbocycles. The van der Waals surface area contributed by atoms with Crippen molar-refractivity contribution >= 4 is 62.5 Å². The molecule has 10 nitrogen and oxygen atoms in total. The van der Waals surface area contributed by atoms with Gasteiger partial charge in [0.05, 0.1) is 21.7 Å². The third-order valence-electron chi connectivity index (χ3n) is 4.95. The number of nitrogens with zero attached hydrogens (tertiary/aromatic N) is 4. The molecule has 184 valence electrons. The van der Waals surface area contributed by atoms with Crippen LogP contribution in [0.3, 0.4) is 0 Å². The standard InChI is InChI=1S/C22H22BrClN6O4S/c1-12(2)19(26-21(32)13-5-4-6-15(9-13)30(33)34)20-27-28-22(29(20)3)35-11-18(31)25-14-7-8-17(24)16(23)10-14/h4-10,12,19H,11H2,1-3H3,(H,25,31)(H,26,32)/t19-/m0/s1. The molecule has 1 heterocycles. The molecule has 0 unspecified atom stereocenters. The minimum Gasteiger partial charge on any atom is -0.342 e. The van der Waals surface area contributed by atoms with Crippen LogP contribution in [0.2, 0.25) is 5.02 Å². The number of thioether (sulfide) groups is 1. The Morgan fingerprint density at radius 2 is 1.97 bits per heavy atom. The van der Waals surface area contributed by atoms with E-state index in [0.29, 0.717) is 26.2 Å². The Balaban J connectivity index is 1.68. The molecule has 2 amide bonds. The van der Waals surface area contributed by atoms with Gasteiger partial charge in [-0.3, -0.25) is 19.7 Å². The number of non-ortho nitro benzene ring substituents is 1. The molecule has 0 spiro atoms. The number of hydrogen-bond donors (Lipinski definition) is 2. The predicted molar refractivity (Wildman–Crippen MR) is 138 cm³/mol. The summed E-state index contributed by atoms with van der Waals surface area (Å²) < 4.78 is 2.39. The number of anilines is 1. The summed E-state index contributed by atoms with van der Waals surface area (Å²) in [6.45, 7) is 3.83. The number of halogens is 2. The van der Waals surface area contributed by atoms with Crippen LogP contribution in [0.5, 0.6) is 0 Å². The SMILES string of the molecule is CC(C)[C@H](NC(=O)c1cccc([N+](=O)[O-])c1)c1nnc(SCC(=O)Nc2ccc(Cl)c(Br)c2)n1C. The molecule has 35 heavy (non-hydrogen) atoms. The van der Waals surface area contributed by atoms with Crippen molar-refractivity contribution in [2.24, 2.45) is 13.0 Å². The second kappa shape index (κ2) is 11.6. The van der Waals surface area contributed by atoms with Gasteiger partial charge in [0.2, 0.25) is 5.91 Å². The quantitative estimate of drug-likeness (QED) is 0.206. The van der Waals surface area contributed by atoms with Crippen molar-refractivity contribution in [2.45, 2.75) is 25.0 Å². The number of nitro benzene ring substituents is 1. The summed E-state index contributed by atoms with van der Waals surface area (Å²) in [5.41, 5.74) is 0.613. The zero-order valence-corrected chi connectivity index (χ0v) is 22.1. The summed E-state index contributed by atoms with van der Waals surface area (Å²) in [5, 5.41) is 26.2. The zero-order chi connectivity index (χ0) is 25.7. The number of carbonyl (C=O) groups is 2. The maximum Gasteiger partial charge on any atom is 0.270 e. The van der Waals surface area contributed by atoms with Gasteiger partial charge in [0, 0.05) is 34.9 Å². The van der Waals surface area contributed by atoms with E-state index >= 15 is 0 Å². The Labute approximate surface area is 219 Å². The van der Waals surface area contributed by atoms with Crippen molar-refractivity contribution in [3.05, 3.63) is 73.5 Å². The molecule has 1 aromatic heterocycles. The molecule has 0 saturated heterocycles. The molecule has 3 rings (SSSR count). The van der Waals surface area contributed by atoms with Gasteiger partial charge in [-0.15, -0.1) is 10.2 Å². The average Bonchev–Trinajstić information content (AvgIpc) is 3.18. The third-order valence-corrected chi connectivity index (χ3v) is 7.19. The highest BCUT2D eigenvalue weighted by molar-refractivity contribution is 9.10. The molecule has 0 aliphatic rings. The minimum absolute atomic E-state index is 0.0509. The number of nitrogens with one attached hydrogen (secondary N) is 2. The Hall–Kier alpha value is -2.96. The van der Waals surface area contributed by atoms with E-state index in [1.807, 2.05) is 13.8 Å². The lowest BCUT2D eigenvalue weighted by Gasteiger charge is -2.21. The lowest BCUT2D eigenvalue weighted by Crippen LogP contribution is -2.33. The van der Waals surface area contributed by atoms with E-state index in [-0.39, 0.29) is 28.8 Å². The summed E-state index contributed by atoms with van der Waals surface area (Å²) >= 11 is 10.5. The number of nitro groups is 1. The average molecular weight is 582 g/mol. The van der Waals surface area contributed by atoms with Crippen LogP contribution in [0.15, 0.2) is 52.1 Å². The van der Waals surface area contributed by atoms with Crippen LogP contribution in [0.25, 0.3) is 0 Å². The Morgan fingerprint density at radius 1 is 1.23 bits per heavy atom. The molecule has 0 fully saturated rings. The van der Waals surface area contributed by atoms with Crippen LogP contribution in [-0.2, 0) is 11.8 Å². The third kappa shape index (κ3) is 6.80. The minimum atomic E-state index is -0.551. The van der Waals surface area contributed by atoms with E-state index in [4.69, 9.17) is 11.6 Å². The van der Waals surface area contributed by atoms with Gasteiger partial charge < -0.3 is 15.2 Å². The van der Waals surface area contributed by atoms with Crippen LogP contribution < -0.4 is 10.6 Å². The van der Waals surface area contributed by atoms with E-state index in [1.165, 1.54) is 36.0 Å². The molecule has 0 bridgehead atoms. The maximum atomic E-state index is 12.8. The predicted octanol–water partition coefficient (Wildman–Crippen LogP) is 5.00. The summed E-state index contributed by atoms with van der Waals surface area (Å²) in [6.07, 6.45) is 0. The van der Waals surface area contributed by atoms with Crippen LogP contribution in [0.4, 0.5) is 11.4 Å². The normalized spacial score (nSPS) is 11.8. The van der Waals surface area contributed by atoms with Crippen LogP contribution in [0, 0.1) is 16.0 Å². The van der Waals surface area contributed by atoms with Crippen molar-refractivity contribution < 1.29 is 14.5 Å². The number of amides is 2. The first kappa shape index (κ1) is 26.6. The van der Waals surface area contributed by atoms with Crippen molar-refractivity contribution in [1.29, 1.82) is 0 Å². The van der Waals surface area contributed by atoms with E-state index in [1.54, 1.807) is 29.8 Å². The number of hydrogen-bond acceptors (Lipinski definition) is 7. The summed E-state index contributed by atoms with van der Waals surface area (Å²) in [4.78, 5) is 35.7. The first-order valence-electron chi connectivity index (χ1n) is 10.4. The fourth-order valence-electron chi connectivity index (χ4n) is 3.14. The largest absolute Gasteiger partial charge is 0.342 e. The van der Waals surface area contributed by atoms with Gasteiger partial charge in [0.15, 0.2) is 11.0 Å². The second-order valence-corrected chi connectivity index (χ2v) is 10.1. The van der Waals surface area contributed by atoms with Crippen molar-refractivity contribution in [1.82, 2.24) is 20.1 Å². The molecule has 0 aliphatic heterocycles. The number of benzene rings is 2. The molecule has 1 atom stereocenters. The molecule has 0 radical (unpaired) electrons. The molecular formula is C22H22BrClN6O4S. The van der Waals surface area contributed by atoms with Gasteiger partial charge in [-0.1, -0.05) is 43.3 Å². The van der Waals surface area contributed by atoms with Gasteiger partial charge >= 0.3 is 0 Å². The van der Waals surface area contributed by atoms with Gasteiger partial charge in [-0.2, -0.15) is 0 Å². The second-order valence-electron chi connectivity index (χ2n) is 7.87. The highest BCUT2D eigenvalue weighted by atomic mass is 79.9. The van der Waals surface area contributed by atoms with Crippen LogP contribution in [-0.4, -0.2) is 37.3 Å². The number of carbonyl (C=O) groups excluding carboxylic acids is 2. The highest BCUT2D eigenvalue weighted by Crippen LogP contribution is 2.27. The Kier molecular flexibility index (Phi) is 8.87. The van der Waals surface area contributed by atoms with Crippen LogP contribution >= 0.6 is 39.3 Å². The summed E-state index contributed by atoms with van der Waals surface area (Å²) in [7, 11) is 1.75. The molecule has 2 aromatic carbocycles. The zero-order valence-electron chi connectivity index (χ0n) is 19.0. The molecule has 0 saturated carbocycles. The topological polar surface area (TPSA) is 132 Å². The van der Waals surface area contributed by atoms with Crippen LogP contribution in [0.1, 0.15) is 36.1 Å². The van der Waals surface area contributed by atoms with E-state index in [0.717, 1.165) is 0 Å². The fourth-order valence-corrected chi connectivity index (χ4v) is 4.35. The van der Waals surface area contributed by atoms with Crippen molar-refractivity contribution in [2.75, 3.05) is 11.1 Å². The van der Waals surface area contributed by atoms with E-state index < -0.39 is 16.9 Å². The van der Waals surface area contributed by atoms with Gasteiger partial charge in [0.25, 0.3) is 11.6 Å². The van der Waals surface area contributed by atoms with Crippen molar-refractivity contribution in [3.8, 4) is 0 Å². The lowest BCUT2D eigenvalue weighted by molar-refractivity contribution is -0.384. The maximum absolute atomic E-state index is 12.8. The lowest BCUT2D eigenvalue weighted by atomic mass is 10.0. The molecule has 2 N–H and O–H groups in total. The Morgan fingerprint density at radius 3 is 2.63 bits per heavy atom. The summed E-state index contributed by atoms with van der Waals surface area (Å²) in [5.74, 6) is -0.141. The van der Waals surface area contributed by atoms with Crippen molar-refractivity contribution in [3.63, 3.8) is 0 Å². The van der Waals surface area contributed by atoms with E-state index in [9.17, 15) is 19.7 Å². The van der Waals surface area contributed by atoms with E-state index in [2.05, 4.69) is 36.8 Å². The molecular weight excluding hydrogens is 560 g/mol. The van der Waals surface area contributed by atoms with Gasteiger partial charge in [-0.25, -0.2) is 0 Å². The summed E-state index contributed by atoms with van der Waals surface area (Å²) in [6, 6.07) is 10.1.